The molecular formula is C55H102O6. The van der Waals surface area contributed by atoms with Crippen molar-refractivity contribution in [3.8, 4) is 0 Å². The topological polar surface area (TPSA) is 78.9 Å². The van der Waals surface area contributed by atoms with Gasteiger partial charge in [-0.15, -0.1) is 0 Å². The van der Waals surface area contributed by atoms with E-state index in [9.17, 15) is 14.4 Å². The molecule has 0 aliphatic heterocycles. The second-order valence-corrected chi connectivity index (χ2v) is 17.6. The number of carbonyl (C=O) groups excluding carboxylic acids is 3. The van der Waals surface area contributed by atoms with E-state index >= 15 is 0 Å². The summed E-state index contributed by atoms with van der Waals surface area (Å²) in [6.45, 7) is -0.213. The smallest absolute Gasteiger partial charge is 0.306 e. The van der Waals surface area contributed by atoms with Crippen molar-refractivity contribution in [1.82, 2.24) is 0 Å². The van der Waals surface area contributed by atoms with Gasteiger partial charge in [-0.2, -0.15) is 0 Å². The highest BCUT2D eigenvalue weighted by molar-refractivity contribution is 5.71. The van der Waals surface area contributed by atoms with Crippen LogP contribution in [0.25, 0.3) is 0 Å². The second kappa shape index (κ2) is 50.5. The highest BCUT2D eigenvalue weighted by atomic mass is 16.6. The summed E-state index contributed by atoms with van der Waals surface area (Å²) in [6, 6.07) is 0. The van der Waals surface area contributed by atoms with Gasteiger partial charge in [-0.3, -0.25) is 14.4 Å². The van der Waals surface area contributed by atoms with Gasteiger partial charge in [0.05, 0.1) is 6.85 Å². The van der Waals surface area contributed by atoms with E-state index in [1.807, 2.05) is 0 Å². The average Bonchev–Trinajstić information content (AvgIpc) is 3.27. The lowest BCUT2D eigenvalue weighted by Gasteiger charge is -2.18. The first-order valence-electron chi connectivity index (χ1n) is 28.8. The summed E-state index contributed by atoms with van der Waals surface area (Å²) in [5, 5.41) is 0. The van der Waals surface area contributed by atoms with Crippen molar-refractivity contribution in [2.75, 3.05) is 13.1 Å². The highest BCUT2D eigenvalue weighted by Gasteiger charge is 2.19. The number of esters is 3. The molecule has 0 aromatic carbocycles. The fourth-order valence-corrected chi connectivity index (χ4v) is 7.50. The quantitative estimate of drug-likeness (QED) is 0.0262. The lowest BCUT2D eigenvalue weighted by Crippen LogP contribution is -2.30. The fraction of sp³-hybridized carbons (Fsp3) is 0.873. The number of hydrogen-bond acceptors (Lipinski definition) is 6. The van der Waals surface area contributed by atoms with E-state index in [1.165, 1.54) is 128 Å². The zero-order valence-electron chi connectivity index (χ0n) is 45.5. The van der Waals surface area contributed by atoms with Crippen LogP contribution in [0.3, 0.4) is 0 Å². The number of unbranched alkanes of at least 4 members (excludes halogenated alkanes) is 34. The van der Waals surface area contributed by atoms with Gasteiger partial charge in [-0.1, -0.05) is 225 Å². The minimum absolute atomic E-state index is 0.140. The molecule has 0 heterocycles. The Hall–Kier alpha value is -2.11. The first kappa shape index (κ1) is 49.9. The number of carbonyl (C=O) groups is 3. The van der Waals surface area contributed by atoms with Crippen LogP contribution < -0.4 is 0 Å². The van der Waals surface area contributed by atoms with Crippen LogP contribution in [0, 0.1) is 0 Å². The molecule has 0 aliphatic carbocycles. The first-order valence-corrected chi connectivity index (χ1v) is 26.3. The Kier molecular flexibility index (Phi) is 41.3. The molecule has 61 heavy (non-hydrogen) atoms. The van der Waals surface area contributed by atoms with Crippen LogP contribution in [0.2, 0.25) is 0 Å². The maximum absolute atomic E-state index is 13.1. The van der Waals surface area contributed by atoms with E-state index in [4.69, 9.17) is 21.1 Å². The third-order valence-electron chi connectivity index (χ3n) is 11.5. The summed E-state index contributed by atoms with van der Waals surface area (Å²) in [7, 11) is 0. The van der Waals surface area contributed by atoms with E-state index in [-0.39, 0.29) is 19.3 Å². The molecular weight excluding hydrogens is 757 g/mol. The molecule has 0 amide bonds. The lowest BCUT2D eigenvalue weighted by molar-refractivity contribution is -0.167. The second-order valence-electron chi connectivity index (χ2n) is 17.6. The Morgan fingerprint density at radius 3 is 0.869 bits per heavy atom. The summed E-state index contributed by atoms with van der Waals surface area (Å²) in [5.74, 6) is -2.96. The Bertz CT molecular complexity index is 1140. The Morgan fingerprint density at radius 2 is 0.590 bits per heavy atom. The summed E-state index contributed by atoms with van der Waals surface area (Å²) < 4.78 is 58.8. The maximum atomic E-state index is 13.1. The Labute approximate surface area is 386 Å². The zero-order chi connectivity index (χ0) is 48.9. The van der Waals surface area contributed by atoms with Gasteiger partial charge in [0, 0.05) is 19.3 Å². The summed E-state index contributed by atoms with van der Waals surface area (Å²) in [5.41, 5.74) is 0. The molecule has 6 heteroatoms. The van der Waals surface area contributed by atoms with Gasteiger partial charge in [0.15, 0.2) is 6.08 Å². The molecule has 0 fully saturated rings. The normalized spacial score (nSPS) is 13.5. The molecule has 358 valence electrons. The van der Waals surface area contributed by atoms with E-state index in [1.54, 1.807) is 0 Å². The average molecular weight is 864 g/mol. The summed E-state index contributed by atoms with van der Waals surface area (Å²) >= 11 is 0. The van der Waals surface area contributed by atoms with E-state index in [0.29, 0.717) is 19.3 Å². The highest BCUT2D eigenvalue weighted by Crippen LogP contribution is 2.16. The van der Waals surface area contributed by atoms with Crippen LogP contribution >= 0.6 is 0 Å². The predicted octanol–water partition coefficient (Wildman–Crippen LogP) is 17.5. The van der Waals surface area contributed by atoms with Gasteiger partial charge in [0.1, 0.15) is 13.1 Å². The van der Waals surface area contributed by atoms with E-state index < -0.39 is 37.1 Å². The number of ether oxygens (including phenoxy) is 3. The van der Waals surface area contributed by atoms with Crippen LogP contribution in [0.15, 0.2) is 24.3 Å². The summed E-state index contributed by atoms with van der Waals surface area (Å²) in [6.07, 6.45) is 47.6. The Balaban J connectivity index is 5.01. The zero-order valence-corrected chi connectivity index (χ0v) is 40.5. The molecule has 0 unspecified atom stereocenters. The van der Waals surface area contributed by atoms with Crippen molar-refractivity contribution in [3.63, 3.8) is 0 Å². The fourth-order valence-electron chi connectivity index (χ4n) is 7.50. The third-order valence-corrected chi connectivity index (χ3v) is 11.5. The number of allylic oxidation sites excluding steroid dienone is 4. The van der Waals surface area contributed by atoms with Crippen molar-refractivity contribution in [1.29, 1.82) is 0 Å². The molecule has 0 N–H and O–H groups in total. The Morgan fingerprint density at radius 1 is 0.361 bits per heavy atom. The van der Waals surface area contributed by atoms with E-state index in [0.717, 1.165) is 103 Å². The molecule has 0 bridgehead atoms. The van der Waals surface area contributed by atoms with Gasteiger partial charge in [0.25, 0.3) is 0 Å². The van der Waals surface area contributed by atoms with Crippen molar-refractivity contribution in [2.24, 2.45) is 0 Å². The molecule has 0 spiro atoms. The van der Waals surface area contributed by atoms with Gasteiger partial charge in [-0.25, -0.2) is 0 Å². The molecule has 0 saturated carbocycles. The summed E-state index contributed by atoms with van der Waals surface area (Å²) in [4.78, 5) is 39.0. The van der Waals surface area contributed by atoms with Crippen molar-refractivity contribution in [2.45, 2.75) is 297 Å². The molecule has 0 aliphatic rings. The minimum atomic E-state index is -3.50. The van der Waals surface area contributed by atoms with Crippen molar-refractivity contribution in [3.05, 3.63) is 24.3 Å². The monoisotopic (exact) mass is 864 g/mol. The van der Waals surface area contributed by atoms with Gasteiger partial charge in [-0.05, 0) is 70.6 Å². The first-order chi connectivity index (χ1) is 31.9. The van der Waals surface area contributed by atoms with Crippen LogP contribution in [0.4, 0.5) is 0 Å². The molecule has 0 rings (SSSR count). The SMILES string of the molecule is [2H]C([2H])(OC(=O)CCCCCCC/C=C\CCCCCCCC)C([2H])(OC(=O)CCCCCCCCCCCCCCC)C([2H])([2H])OC(=O)CCCCCCC/C=C\CCCCCCCC. The lowest BCUT2D eigenvalue weighted by atomic mass is 10.0. The molecule has 0 saturated heterocycles. The number of rotatable bonds is 49. The van der Waals surface area contributed by atoms with Crippen molar-refractivity contribution < 1.29 is 35.4 Å². The molecule has 0 aromatic rings. The van der Waals surface area contributed by atoms with Gasteiger partial charge < -0.3 is 14.2 Å². The van der Waals surface area contributed by atoms with Gasteiger partial charge >= 0.3 is 17.9 Å². The molecule has 0 atom stereocenters. The van der Waals surface area contributed by atoms with Crippen LogP contribution in [-0.4, -0.2) is 37.1 Å². The molecule has 6 nitrogen and oxygen atoms in total. The maximum Gasteiger partial charge on any atom is 0.306 e. The van der Waals surface area contributed by atoms with Crippen LogP contribution in [0.5, 0.6) is 0 Å². The molecule has 0 aromatic heterocycles. The van der Waals surface area contributed by atoms with Gasteiger partial charge in [0.2, 0.25) is 0 Å². The molecule has 0 radical (unpaired) electrons. The minimum Gasteiger partial charge on any atom is -0.462 e. The largest absolute Gasteiger partial charge is 0.462 e. The van der Waals surface area contributed by atoms with Crippen LogP contribution in [0.1, 0.15) is 297 Å². The standard InChI is InChI=1S/C55H102O6/c1-4-7-10-13-16-19-22-25-27-30-32-35-38-41-44-47-53(56)59-50-52(61-55(58)49-46-43-40-37-34-29-24-21-18-15-12-9-6-3)51-60-54(57)48-45-42-39-36-33-31-28-26-23-20-17-14-11-8-5-2/h25-28,52H,4-24,29-51H2,1-3H3/b27-25-,28-26-/i50D2,51D2,52D. The predicted molar refractivity (Wildman–Crippen MR) is 261 cm³/mol. The number of hydrogen-bond donors (Lipinski definition) is 0. The van der Waals surface area contributed by atoms with E-state index in [2.05, 4.69) is 45.1 Å². The third kappa shape index (κ3) is 48.8. The van der Waals surface area contributed by atoms with Crippen LogP contribution in [-0.2, 0) is 28.6 Å². The van der Waals surface area contributed by atoms with Crippen molar-refractivity contribution >= 4 is 17.9 Å².